The predicted octanol–water partition coefficient (Wildman–Crippen LogP) is 6.97. The van der Waals surface area contributed by atoms with Crippen molar-refractivity contribution in [2.24, 2.45) is 17.8 Å². The molecule has 2 heterocycles. The summed E-state index contributed by atoms with van der Waals surface area (Å²) in [5, 5.41) is 31.9. The second-order valence-corrected chi connectivity index (χ2v) is 19.1. The number of benzene rings is 1. The molecule has 1 saturated heterocycles. The number of carboxylic acid groups (broad SMARTS) is 1. The van der Waals surface area contributed by atoms with Crippen LogP contribution < -0.4 is 16.0 Å². The summed E-state index contributed by atoms with van der Waals surface area (Å²) in [6.07, 6.45) is 6.47. The van der Waals surface area contributed by atoms with Crippen molar-refractivity contribution in [3.63, 3.8) is 0 Å². The number of ether oxygens (including phenoxy) is 1. The minimum atomic E-state index is -1.06. The van der Waals surface area contributed by atoms with E-state index in [4.69, 9.17) is 4.74 Å². The summed E-state index contributed by atoms with van der Waals surface area (Å²) in [4.78, 5) is 73.7. The van der Waals surface area contributed by atoms with Gasteiger partial charge in [0.25, 0.3) is 5.91 Å². The number of rotatable bonds is 24. The molecule has 4 amide bonds. The van der Waals surface area contributed by atoms with Gasteiger partial charge in [-0.15, -0.1) is 11.3 Å². The van der Waals surface area contributed by atoms with Crippen molar-refractivity contribution in [2.45, 2.75) is 162 Å². The molecule has 61 heavy (non-hydrogen) atoms. The third kappa shape index (κ3) is 17.3. The van der Waals surface area contributed by atoms with E-state index < -0.39 is 53.7 Å². The summed E-state index contributed by atoms with van der Waals surface area (Å²) in [5.41, 5.74) is 0.573. The molecule has 5 N–H and O–H groups in total. The highest BCUT2D eigenvalue weighted by atomic mass is 32.1. The molecule has 342 valence electrons. The summed E-state index contributed by atoms with van der Waals surface area (Å²) < 4.78 is 5.30. The molecule has 1 aliphatic rings. The number of likely N-dealkylation sites (N-methyl/N-ethyl adjacent to an activating group) is 1. The first-order valence-electron chi connectivity index (χ1n) is 22.3. The van der Waals surface area contributed by atoms with Gasteiger partial charge < -0.3 is 35.8 Å². The summed E-state index contributed by atoms with van der Waals surface area (Å²) in [6, 6.07) is 7.65. The van der Waals surface area contributed by atoms with Gasteiger partial charge in [-0.1, -0.05) is 90.6 Å². The smallest absolute Gasteiger partial charge is 0.407 e. The van der Waals surface area contributed by atoms with Crippen LogP contribution in [0.25, 0.3) is 0 Å². The zero-order valence-corrected chi connectivity index (χ0v) is 38.9. The number of aromatic nitrogens is 1. The average molecular weight is 871 g/mol. The molecule has 14 nitrogen and oxygen atoms in total. The predicted molar refractivity (Wildman–Crippen MR) is 239 cm³/mol. The second-order valence-electron chi connectivity index (χ2n) is 18.2. The van der Waals surface area contributed by atoms with E-state index in [0.29, 0.717) is 24.4 Å². The zero-order chi connectivity index (χ0) is 45.3. The first-order valence-corrected chi connectivity index (χ1v) is 23.2. The molecule has 15 heteroatoms. The number of carbonyl (C=O) groups is 5. The minimum Gasteiger partial charge on any atom is -0.481 e. The molecule has 1 fully saturated rings. The number of alkyl carbamates (subject to hydrolysis) is 1. The number of unbranched alkanes of at least 4 members (excludes halogenated alkanes) is 3. The molecule has 1 aromatic carbocycles. The SMILES string of the molecule is CC[C@H](C)[C@H](NC(=O)[C@H]1CCCCN1CCCCCCNC(=O)OC(C)(C)C)C(=O)N(C)[C@H](C[C@@H](O)c1nc(C(=O)N[C@@H](Cc2ccccc2)C[C@H](C)C(=O)O)cs1)C(C)C. The maximum Gasteiger partial charge on any atom is 0.407 e. The van der Waals surface area contributed by atoms with E-state index in [9.17, 15) is 34.2 Å². The highest BCUT2D eigenvalue weighted by molar-refractivity contribution is 7.09. The third-order valence-electron chi connectivity index (χ3n) is 11.6. The molecule has 3 rings (SSSR count). The normalized spacial score (nSPS) is 17.7. The van der Waals surface area contributed by atoms with Gasteiger partial charge in [-0.2, -0.15) is 0 Å². The summed E-state index contributed by atoms with van der Waals surface area (Å²) in [5.74, 6) is -2.58. The molecular formula is C46H74N6O8S. The van der Waals surface area contributed by atoms with Gasteiger partial charge in [0.05, 0.1) is 12.0 Å². The van der Waals surface area contributed by atoms with Crippen LogP contribution in [0.15, 0.2) is 35.7 Å². The van der Waals surface area contributed by atoms with Gasteiger partial charge in [-0.05, 0) is 89.8 Å². The lowest BCUT2D eigenvalue weighted by Gasteiger charge is -2.38. The second kappa shape index (κ2) is 25.1. The van der Waals surface area contributed by atoms with Crippen LogP contribution in [0.3, 0.4) is 0 Å². The van der Waals surface area contributed by atoms with Gasteiger partial charge in [0.2, 0.25) is 11.8 Å². The van der Waals surface area contributed by atoms with Crippen LogP contribution >= 0.6 is 11.3 Å². The number of carboxylic acids is 1. The lowest BCUT2D eigenvalue weighted by atomic mass is 9.92. The molecule has 0 radical (unpaired) electrons. The lowest BCUT2D eigenvalue weighted by Crippen LogP contribution is -2.58. The van der Waals surface area contributed by atoms with Crippen LogP contribution in [-0.4, -0.2) is 111 Å². The maximum absolute atomic E-state index is 14.3. The number of hydrogen-bond acceptors (Lipinski definition) is 10. The Balaban J connectivity index is 1.61. The lowest BCUT2D eigenvalue weighted by molar-refractivity contribution is -0.141. The van der Waals surface area contributed by atoms with Crippen LogP contribution in [0, 0.1) is 17.8 Å². The first kappa shape index (κ1) is 51.3. The van der Waals surface area contributed by atoms with Crippen molar-refractivity contribution in [1.29, 1.82) is 0 Å². The van der Waals surface area contributed by atoms with Gasteiger partial charge in [0, 0.05) is 37.5 Å². The standard InChI is InChI=1S/C46H74N6O8S/c1-10-31(4)39(50-41(55)36-22-16-19-25-52(36)24-18-12-11-17-23-47-45(59)60-46(6,7)8)43(56)51(9)37(30(2)3)28-38(53)42-49-35(29-61-42)40(54)48-34(26-32(5)44(57)58)27-33-20-14-13-15-21-33/h13-15,20-21,29-32,34,36-39,53H,10-12,16-19,22-28H2,1-9H3,(H,47,59)(H,48,54)(H,50,55)(H,57,58)/t31-,32-,34+,36+,37+,38+,39-/m0/s1. The Kier molecular flexibility index (Phi) is 21.1. The maximum atomic E-state index is 14.3. The quantitative estimate of drug-likeness (QED) is 0.0689. The Bertz CT molecular complexity index is 1680. The Hall–Kier alpha value is -4.08. The third-order valence-corrected chi connectivity index (χ3v) is 12.5. The Morgan fingerprint density at radius 2 is 1.67 bits per heavy atom. The topological polar surface area (TPSA) is 190 Å². The number of thiazole rings is 1. The minimum absolute atomic E-state index is 0.0449. The molecular weight excluding hydrogens is 797 g/mol. The first-order chi connectivity index (χ1) is 28.8. The molecule has 1 aliphatic heterocycles. The van der Waals surface area contributed by atoms with Crippen LogP contribution in [0.5, 0.6) is 0 Å². The van der Waals surface area contributed by atoms with Crippen LogP contribution in [0.4, 0.5) is 4.79 Å². The number of aliphatic carboxylic acids is 1. The van der Waals surface area contributed by atoms with E-state index in [2.05, 4.69) is 25.8 Å². The van der Waals surface area contributed by atoms with Crippen LogP contribution in [0.2, 0.25) is 0 Å². The van der Waals surface area contributed by atoms with Crippen molar-refractivity contribution >= 4 is 41.1 Å². The van der Waals surface area contributed by atoms with E-state index in [-0.39, 0.29) is 48.2 Å². The summed E-state index contributed by atoms with van der Waals surface area (Å²) in [6.45, 7) is 17.2. The van der Waals surface area contributed by atoms with Gasteiger partial charge in [0.15, 0.2) is 0 Å². The molecule has 0 spiro atoms. The molecule has 0 bridgehead atoms. The fourth-order valence-electron chi connectivity index (χ4n) is 7.80. The van der Waals surface area contributed by atoms with Gasteiger partial charge in [-0.3, -0.25) is 24.1 Å². The number of carbonyl (C=O) groups excluding carboxylic acids is 4. The number of piperidine rings is 1. The van der Waals surface area contributed by atoms with Crippen molar-refractivity contribution < 1.29 is 38.9 Å². The molecule has 0 aliphatic carbocycles. The van der Waals surface area contributed by atoms with Crippen molar-refractivity contribution in [2.75, 3.05) is 26.7 Å². The van der Waals surface area contributed by atoms with Gasteiger partial charge in [0.1, 0.15) is 28.4 Å². The summed E-state index contributed by atoms with van der Waals surface area (Å²) >= 11 is 1.16. The highest BCUT2D eigenvalue weighted by Gasteiger charge is 2.37. The van der Waals surface area contributed by atoms with Gasteiger partial charge in [-0.25, -0.2) is 9.78 Å². The monoisotopic (exact) mass is 871 g/mol. The highest BCUT2D eigenvalue weighted by Crippen LogP contribution is 2.28. The molecule has 0 saturated carbocycles. The van der Waals surface area contributed by atoms with E-state index in [1.807, 2.05) is 78.8 Å². The molecule has 1 aromatic heterocycles. The Morgan fingerprint density at radius 3 is 2.31 bits per heavy atom. The van der Waals surface area contributed by atoms with Gasteiger partial charge >= 0.3 is 12.1 Å². The number of likely N-dealkylation sites (tertiary alicyclic amines) is 1. The number of nitrogens with zero attached hydrogens (tertiary/aromatic N) is 3. The average Bonchev–Trinajstić information content (AvgIpc) is 3.71. The van der Waals surface area contributed by atoms with E-state index in [0.717, 1.165) is 74.9 Å². The van der Waals surface area contributed by atoms with Crippen LogP contribution in [-0.2, 0) is 25.5 Å². The molecule has 7 atom stereocenters. The van der Waals surface area contributed by atoms with Crippen LogP contribution in [0.1, 0.15) is 147 Å². The Labute approximate surface area is 368 Å². The fraction of sp³-hybridized carbons (Fsp3) is 0.696. The number of nitrogens with one attached hydrogen (secondary N) is 3. The number of amides is 4. The molecule has 2 aromatic rings. The molecule has 0 unspecified atom stereocenters. The van der Waals surface area contributed by atoms with E-state index >= 15 is 0 Å². The summed E-state index contributed by atoms with van der Waals surface area (Å²) in [7, 11) is 1.73. The van der Waals surface area contributed by atoms with Crippen molar-refractivity contribution in [3.8, 4) is 0 Å². The number of hydrogen-bond donors (Lipinski definition) is 5. The van der Waals surface area contributed by atoms with E-state index in [1.54, 1.807) is 24.3 Å². The Morgan fingerprint density at radius 1 is 0.984 bits per heavy atom. The number of aliphatic hydroxyl groups excluding tert-OH is 1. The van der Waals surface area contributed by atoms with Crippen molar-refractivity contribution in [3.05, 3.63) is 52.0 Å². The number of aliphatic hydroxyl groups is 1. The largest absolute Gasteiger partial charge is 0.481 e. The fourth-order valence-corrected chi connectivity index (χ4v) is 8.60. The van der Waals surface area contributed by atoms with E-state index in [1.165, 1.54) is 0 Å². The van der Waals surface area contributed by atoms with Crippen molar-refractivity contribution in [1.82, 2.24) is 30.7 Å². The zero-order valence-electron chi connectivity index (χ0n) is 38.1.